The molecule has 4 heteroatoms. The van der Waals surface area contributed by atoms with Crippen LogP contribution in [0.5, 0.6) is 0 Å². The van der Waals surface area contributed by atoms with Gasteiger partial charge in [0.25, 0.3) is 0 Å². The Morgan fingerprint density at radius 1 is 1.59 bits per heavy atom. The minimum atomic E-state index is -0.958. The number of hydrogen-bond acceptors (Lipinski definition) is 4. The molecular weight excluding hydrogens is 220 g/mol. The number of hydrogen-bond donors (Lipinski definition) is 1. The van der Waals surface area contributed by atoms with Crippen LogP contribution in [0.2, 0.25) is 0 Å². The maximum atomic E-state index is 11.9. The normalized spacial score (nSPS) is 30.9. The lowest BCUT2D eigenvalue weighted by Gasteiger charge is -2.40. The topological polar surface area (TPSA) is 55.8 Å². The van der Waals surface area contributed by atoms with Crippen molar-refractivity contribution in [1.29, 1.82) is 0 Å². The molecular formula is C13H24O4. The Kier molecular flexibility index (Phi) is 5.40. The fourth-order valence-electron chi connectivity index (χ4n) is 2.55. The number of carbonyl (C=O) groups is 1. The zero-order chi connectivity index (χ0) is 12.9. The molecule has 0 bridgehead atoms. The van der Waals surface area contributed by atoms with Gasteiger partial charge >= 0.3 is 5.97 Å². The van der Waals surface area contributed by atoms with E-state index in [1.165, 1.54) is 0 Å². The van der Waals surface area contributed by atoms with E-state index in [0.29, 0.717) is 32.5 Å². The minimum Gasteiger partial charge on any atom is -0.466 e. The van der Waals surface area contributed by atoms with Crippen LogP contribution in [-0.2, 0) is 14.3 Å². The Morgan fingerprint density at radius 3 is 2.82 bits per heavy atom. The minimum absolute atomic E-state index is 0.00235. The standard InChI is InChI=1S/C13H24O4/c1-4-6-11(12(14)16-5-2)13(15)7-8-17-10(3)9-13/h10-11,15H,4-9H2,1-3H3. The van der Waals surface area contributed by atoms with Crippen LogP contribution in [0, 0.1) is 5.92 Å². The van der Waals surface area contributed by atoms with Crippen molar-refractivity contribution in [3.8, 4) is 0 Å². The predicted octanol–water partition coefficient (Wildman–Crippen LogP) is 1.90. The first-order chi connectivity index (χ1) is 8.03. The summed E-state index contributed by atoms with van der Waals surface area (Å²) in [5.41, 5.74) is -0.958. The van der Waals surface area contributed by atoms with E-state index in [9.17, 15) is 9.90 Å². The molecule has 1 rings (SSSR count). The highest BCUT2D eigenvalue weighted by Crippen LogP contribution is 2.35. The number of ether oxygens (including phenoxy) is 2. The third-order valence-electron chi connectivity index (χ3n) is 3.38. The summed E-state index contributed by atoms with van der Waals surface area (Å²) >= 11 is 0. The van der Waals surface area contributed by atoms with Crippen LogP contribution in [0.3, 0.4) is 0 Å². The molecule has 1 heterocycles. The summed E-state index contributed by atoms with van der Waals surface area (Å²) < 4.78 is 10.5. The molecule has 1 aliphatic rings. The number of carbonyl (C=O) groups excluding carboxylic acids is 1. The summed E-state index contributed by atoms with van der Waals surface area (Å²) in [6.07, 6.45) is 2.56. The van der Waals surface area contributed by atoms with E-state index >= 15 is 0 Å². The Morgan fingerprint density at radius 2 is 2.29 bits per heavy atom. The van der Waals surface area contributed by atoms with Gasteiger partial charge in [0.15, 0.2) is 0 Å². The smallest absolute Gasteiger partial charge is 0.311 e. The van der Waals surface area contributed by atoms with E-state index in [4.69, 9.17) is 9.47 Å². The van der Waals surface area contributed by atoms with E-state index in [0.717, 1.165) is 6.42 Å². The van der Waals surface area contributed by atoms with Crippen molar-refractivity contribution < 1.29 is 19.4 Å². The van der Waals surface area contributed by atoms with Crippen molar-refractivity contribution in [2.24, 2.45) is 5.92 Å². The summed E-state index contributed by atoms with van der Waals surface area (Å²) in [6, 6.07) is 0. The van der Waals surface area contributed by atoms with E-state index in [2.05, 4.69) is 0 Å². The van der Waals surface area contributed by atoms with Crippen molar-refractivity contribution in [2.45, 2.75) is 58.2 Å². The Balaban J connectivity index is 2.76. The third-order valence-corrected chi connectivity index (χ3v) is 3.38. The highest BCUT2D eigenvalue weighted by molar-refractivity contribution is 5.73. The van der Waals surface area contributed by atoms with Crippen LogP contribution < -0.4 is 0 Å². The molecule has 100 valence electrons. The summed E-state index contributed by atoms with van der Waals surface area (Å²) in [7, 11) is 0. The first-order valence-electron chi connectivity index (χ1n) is 6.54. The maximum Gasteiger partial charge on any atom is 0.311 e. The van der Waals surface area contributed by atoms with Gasteiger partial charge in [-0.15, -0.1) is 0 Å². The molecule has 0 aromatic carbocycles. The van der Waals surface area contributed by atoms with Crippen molar-refractivity contribution >= 4 is 5.97 Å². The predicted molar refractivity (Wildman–Crippen MR) is 64.6 cm³/mol. The van der Waals surface area contributed by atoms with Crippen LogP contribution >= 0.6 is 0 Å². The molecule has 0 spiro atoms. The summed E-state index contributed by atoms with van der Waals surface area (Å²) in [6.45, 7) is 6.60. The second kappa shape index (κ2) is 6.36. The lowest BCUT2D eigenvalue weighted by Crippen LogP contribution is -2.49. The fourth-order valence-corrected chi connectivity index (χ4v) is 2.55. The average molecular weight is 244 g/mol. The van der Waals surface area contributed by atoms with E-state index in [1.807, 2.05) is 13.8 Å². The zero-order valence-electron chi connectivity index (χ0n) is 11.1. The van der Waals surface area contributed by atoms with Crippen LogP contribution in [0.15, 0.2) is 0 Å². The van der Waals surface area contributed by atoms with Gasteiger partial charge < -0.3 is 14.6 Å². The summed E-state index contributed by atoms with van der Waals surface area (Å²) in [5, 5.41) is 10.6. The van der Waals surface area contributed by atoms with Gasteiger partial charge in [-0.3, -0.25) is 4.79 Å². The molecule has 3 atom stereocenters. The molecule has 0 radical (unpaired) electrons. The molecule has 1 N–H and O–H groups in total. The van der Waals surface area contributed by atoms with Crippen molar-refractivity contribution in [3.05, 3.63) is 0 Å². The molecule has 17 heavy (non-hydrogen) atoms. The van der Waals surface area contributed by atoms with Crippen LogP contribution in [0.4, 0.5) is 0 Å². The molecule has 1 aliphatic heterocycles. The van der Waals surface area contributed by atoms with Crippen molar-refractivity contribution in [3.63, 3.8) is 0 Å². The van der Waals surface area contributed by atoms with E-state index < -0.39 is 11.5 Å². The number of esters is 1. The molecule has 1 saturated heterocycles. The fraction of sp³-hybridized carbons (Fsp3) is 0.923. The molecule has 4 nitrogen and oxygen atoms in total. The maximum absolute atomic E-state index is 11.9. The Bertz CT molecular complexity index is 254. The molecule has 0 amide bonds. The first-order valence-corrected chi connectivity index (χ1v) is 6.54. The molecule has 1 fully saturated rings. The zero-order valence-corrected chi connectivity index (χ0v) is 11.1. The van der Waals surface area contributed by atoms with Crippen LogP contribution in [0.25, 0.3) is 0 Å². The van der Waals surface area contributed by atoms with Crippen LogP contribution in [-0.4, -0.2) is 36.0 Å². The number of rotatable bonds is 5. The first kappa shape index (κ1) is 14.5. The van der Waals surface area contributed by atoms with Crippen molar-refractivity contribution in [2.75, 3.05) is 13.2 Å². The molecule has 0 aliphatic carbocycles. The van der Waals surface area contributed by atoms with Gasteiger partial charge in [0, 0.05) is 19.4 Å². The van der Waals surface area contributed by atoms with E-state index in [-0.39, 0.29) is 12.1 Å². The van der Waals surface area contributed by atoms with E-state index in [1.54, 1.807) is 6.92 Å². The number of aliphatic hydroxyl groups is 1. The lowest BCUT2D eigenvalue weighted by atomic mass is 9.77. The molecule has 3 unspecified atom stereocenters. The van der Waals surface area contributed by atoms with Gasteiger partial charge in [-0.05, 0) is 20.3 Å². The van der Waals surface area contributed by atoms with Crippen LogP contribution in [0.1, 0.15) is 46.5 Å². The quantitative estimate of drug-likeness (QED) is 0.750. The second-order valence-electron chi connectivity index (χ2n) is 4.83. The summed E-state index contributed by atoms with van der Waals surface area (Å²) in [5.74, 6) is -0.690. The Labute approximate surface area is 103 Å². The largest absolute Gasteiger partial charge is 0.466 e. The average Bonchev–Trinajstić information content (AvgIpc) is 2.25. The molecule has 0 aromatic rings. The van der Waals surface area contributed by atoms with Gasteiger partial charge in [-0.1, -0.05) is 13.3 Å². The monoisotopic (exact) mass is 244 g/mol. The van der Waals surface area contributed by atoms with Gasteiger partial charge in [-0.25, -0.2) is 0 Å². The Hall–Kier alpha value is -0.610. The SMILES string of the molecule is CCCC(C(=O)OCC)C1(O)CCOC(C)C1. The molecule has 0 aromatic heterocycles. The van der Waals surface area contributed by atoms with Gasteiger partial charge in [0.1, 0.15) is 0 Å². The molecule has 0 saturated carbocycles. The summed E-state index contributed by atoms with van der Waals surface area (Å²) in [4.78, 5) is 11.9. The highest BCUT2D eigenvalue weighted by atomic mass is 16.5. The highest BCUT2D eigenvalue weighted by Gasteiger charge is 2.44. The lowest BCUT2D eigenvalue weighted by molar-refractivity contribution is -0.172. The second-order valence-corrected chi connectivity index (χ2v) is 4.83. The van der Waals surface area contributed by atoms with Gasteiger partial charge in [-0.2, -0.15) is 0 Å². The van der Waals surface area contributed by atoms with Gasteiger partial charge in [0.2, 0.25) is 0 Å². The third kappa shape index (κ3) is 3.68. The van der Waals surface area contributed by atoms with Gasteiger partial charge in [0.05, 0.1) is 24.2 Å². The van der Waals surface area contributed by atoms with Crippen molar-refractivity contribution in [1.82, 2.24) is 0 Å².